The molecule has 0 saturated carbocycles. The zero-order valence-corrected chi connectivity index (χ0v) is 10.8. The molecule has 0 spiro atoms. The molecule has 0 aliphatic rings. The average Bonchev–Trinajstić information content (AvgIpc) is 2.28. The van der Waals surface area contributed by atoms with Crippen molar-refractivity contribution in [3.8, 4) is 11.8 Å². The summed E-state index contributed by atoms with van der Waals surface area (Å²) in [6.07, 6.45) is 0. The van der Waals surface area contributed by atoms with Crippen molar-refractivity contribution in [2.24, 2.45) is 0 Å². The van der Waals surface area contributed by atoms with Crippen LogP contribution in [-0.2, 0) is 10.0 Å². The summed E-state index contributed by atoms with van der Waals surface area (Å²) in [4.78, 5) is -0.0883. The summed E-state index contributed by atoms with van der Waals surface area (Å²) >= 11 is 5.74. The Labute approximate surface area is 105 Å². The standard InChI is InChI=1S/C10H11ClN2O3S/c1-7(6-12)13-17(14,15)10-5-8(11)3-4-9(10)16-2/h3-5,7,13H,1-2H3. The summed E-state index contributed by atoms with van der Waals surface area (Å²) < 4.78 is 31.0. The fraction of sp³-hybridized carbons (Fsp3) is 0.300. The molecule has 0 heterocycles. The third-order valence-electron chi connectivity index (χ3n) is 1.94. The quantitative estimate of drug-likeness (QED) is 0.903. The van der Waals surface area contributed by atoms with Gasteiger partial charge in [-0.05, 0) is 25.1 Å². The fourth-order valence-electron chi connectivity index (χ4n) is 1.18. The molecule has 1 N–H and O–H groups in total. The van der Waals surface area contributed by atoms with Gasteiger partial charge in [0.1, 0.15) is 16.7 Å². The summed E-state index contributed by atoms with van der Waals surface area (Å²) in [5.74, 6) is 0.173. The monoisotopic (exact) mass is 274 g/mol. The van der Waals surface area contributed by atoms with Gasteiger partial charge in [0.15, 0.2) is 0 Å². The van der Waals surface area contributed by atoms with E-state index >= 15 is 0 Å². The van der Waals surface area contributed by atoms with Crippen molar-refractivity contribution in [1.29, 1.82) is 5.26 Å². The molecule has 17 heavy (non-hydrogen) atoms. The summed E-state index contributed by atoms with van der Waals surface area (Å²) in [7, 11) is -2.46. The van der Waals surface area contributed by atoms with Gasteiger partial charge in [0.05, 0.1) is 13.2 Å². The topological polar surface area (TPSA) is 79.2 Å². The molecule has 0 fully saturated rings. The molecule has 0 bridgehead atoms. The van der Waals surface area contributed by atoms with Crippen molar-refractivity contribution in [1.82, 2.24) is 4.72 Å². The van der Waals surface area contributed by atoms with Gasteiger partial charge in [0.25, 0.3) is 0 Å². The molecule has 0 saturated heterocycles. The van der Waals surface area contributed by atoms with Crippen LogP contribution in [0.3, 0.4) is 0 Å². The first-order valence-electron chi connectivity index (χ1n) is 4.66. The Morgan fingerprint density at radius 1 is 1.53 bits per heavy atom. The van der Waals surface area contributed by atoms with Crippen LogP contribution >= 0.6 is 11.6 Å². The molecule has 92 valence electrons. The smallest absolute Gasteiger partial charge is 0.245 e. The molecule has 0 amide bonds. The third kappa shape index (κ3) is 3.33. The van der Waals surface area contributed by atoms with Crippen molar-refractivity contribution in [3.63, 3.8) is 0 Å². The molecule has 1 rings (SSSR count). The zero-order chi connectivity index (χ0) is 13.1. The Bertz CT molecular complexity index is 551. The van der Waals surface area contributed by atoms with Crippen LogP contribution < -0.4 is 9.46 Å². The van der Waals surface area contributed by atoms with E-state index in [1.807, 2.05) is 0 Å². The van der Waals surface area contributed by atoms with Crippen molar-refractivity contribution >= 4 is 21.6 Å². The van der Waals surface area contributed by atoms with Gasteiger partial charge in [-0.3, -0.25) is 0 Å². The normalized spacial score (nSPS) is 12.8. The Kier molecular flexibility index (Phi) is 4.34. The first kappa shape index (κ1) is 13.8. The third-order valence-corrected chi connectivity index (χ3v) is 3.74. The van der Waals surface area contributed by atoms with Gasteiger partial charge >= 0.3 is 0 Å². The maximum absolute atomic E-state index is 11.9. The van der Waals surface area contributed by atoms with Crippen LogP contribution in [0.1, 0.15) is 6.92 Å². The number of ether oxygens (including phenoxy) is 1. The van der Waals surface area contributed by atoms with Crippen molar-refractivity contribution in [3.05, 3.63) is 23.2 Å². The average molecular weight is 275 g/mol. The number of benzene rings is 1. The molecule has 1 aromatic carbocycles. The van der Waals surface area contributed by atoms with Crippen LogP contribution in [-0.4, -0.2) is 21.6 Å². The number of rotatable bonds is 4. The minimum Gasteiger partial charge on any atom is -0.495 e. The fourth-order valence-corrected chi connectivity index (χ4v) is 2.76. The molecule has 5 nitrogen and oxygen atoms in total. The number of nitriles is 1. The number of halogens is 1. The SMILES string of the molecule is COc1ccc(Cl)cc1S(=O)(=O)NC(C)C#N. The number of hydrogen-bond acceptors (Lipinski definition) is 4. The van der Waals surface area contributed by atoms with E-state index in [9.17, 15) is 8.42 Å². The van der Waals surface area contributed by atoms with E-state index < -0.39 is 16.1 Å². The van der Waals surface area contributed by atoms with Gasteiger partial charge in [-0.15, -0.1) is 0 Å². The van der Waals surface area contributed by atoms with E-state index in [1.165, 1.54) is 32.2 Å². The number of hydrogen-bond donors (Lipinski definition) is 1. The Hall–Kier alpha value is -1.29. The molecule has 1 atom stereocenters. The number of methoxy groups -OCH3 is 1. The maximum Gasteiger partial charge on any atom is 0.245 e. The highest BCUT2D eigenvalue weighted by atomic mass is 35.5. The van der Waals surface area contributed by atoms with Gasteiger partial charge in [-0.25, -0.2) is 8.42 Å². The first-order chi connectivity index (χ1) is 7.90. The molecule has 7 heteroatoms. The van der Waals surface area contributed by atoms with Crippen LogP contribution in [0.4, 0.5) is 0 Å². The highest BCUT2D eigenvalue weighted by Gasteiger charge is 2.21. The van der Waals surface area contributed by atoms with E-state index in [2.05, 4.69) is 4.72 Å². The summed E-state index contributed by atoms with van der Waals surface area (Å²) in [5.41, 5.74) is 0. The molecule has 0 radical (unpaired) electrons. The number of sulfonamides is 1. The van der Waals surface area contributed by atoms with Crippen LogP contribution in [0.15, 0.2) is 23.1 Å². The van der Waals surface area contributed by atoms with Crippen LogP contribution in [0, 0.1) is 11.3 Å². The molecular weight excluding hydrogens is 264 g/mol. The number of nitrogens with one attached hydrogen (secondary N) is 1. The van der Waals surface area contributed by atoms with Crippen molar-refractivity contribution in [2.45, 2.75) is 17.9 Å². The molecule has 0 aliphatic carbocycles. The van der Waals surface area contributed by atoms with Gasteiger partial charge in [-0.1, -0.05) is 11.6 Å². The van der Waals surface area contributed by atoms with Gasteiger partial charge in [-0.2, -0.15) is 9.98 Å². The second-order valence-corrected chi connectivity index (χ2v) is 5.39. The largest absolute Gasteiger partial charge is 0.495 e. The molecule has 0 aromatic heterocycles. The Morgan fingerprint density at radius 3 is 2.71 bits per heavy atom. The van der Waals surface area contributed by atoms with Crippen molar-refractivity contribution in [2.75, 3.05) is 7.11 Å². The molecule has 1 aromatic rings. The lowest BCUT2D eigenvalue weighted by Gasteiger charge is -2.11. The Balaban J connectivity index is 3.23. The van der Waals surface area contributed by atoms with Crippen LogP contribution in [0.2, 0.25) is 5.02 Å². The summed E-state index contributed by atoms with van der Waals surface area (Å²) in [6.45, 7) is 1.44. The van der Waals surface area contributed by atoms with Gasteiger partial charge < -0.3 is 4.74 Å². The van der Waals surface area contributed by atoms with Gasteiger partial charge in [0, 0.05) is 5.02 Å². The van der Waals surface area contributed by atoms with E-state index in [0.29, 0.717) is 0 Å². The molecule has 0 aliphatic heterocycles. The lowest BCUT2D eigenvalue weighted by Crippen LogP contribution is -2.31. The van der Waals surface area contributed by atoms with E-state index in [4.69, 9.17) is 21.6 Å². The highest BCUT2D eigenvalue weighted by Crippen LogP contribution is 2.26. The number of nitrogens with zero attached hydrogens (tertiary/aromatic N) is 1. The minimum atomic E-state index is -3.82. The lowest BCUT2D eigenvalue weighted by atomic mass is 10.3. The van der Waals surface area contributed by atoms with E-state index in [0.717, 1.165) is 0 Å². The second kappa shape index (κ2) is 5.36. The van der Waals surface area contributed by atoms with Crippen LogP contribution in [0.25, 0.3) is 0 Å². The Morgan fingerprint density at radius 2 is 2.18 bits per heavy atom. The van der Waals surface area contributed by atoms with Crippen molar-refractivity contribution < 1.29 is 13.2 Å². The molecule has 1 unspecified atom stereocenters. The summed E-state index contributed by atoms with van der Waals surface area (Å²) in [5, 5.41) is 8.87. The highest BCUT2D eigenvalue weighted by molar-refractivity contribution is 7.89. The molecular formula is C10H11ClN2O3S. The van der Waals surface area contributed by atoms with E-state index in [-0.39, 0.29) is 15.7 Å². The minimum absolute atomic E-state index is 0.0883. The second-order valence-electron chi connectivity index (χ2n) is 3.27. The van der Waals surface area contributed by atoms with Gasteiger partial charge in [0.2, 0.25) is 10.0 Å². The van der Waals surface area contributed by atoms with Crippen LogP contribution in [0.5, 0.6) is 5.75 Å². The first-order valence-corrected chi connectivity index (χ1v) is 6.52. The zero-order valence-electron chi connectivity index (χ0n) is 9.27. The predicted molar refractivity (Wildman–Crippen MR) is 63.4 cm³/mol. The maximum atomic E-state index is 11.9. The van der Waals surface area contributed by atoms with E-state index in [1.54, 1.807) is 6.07 Å². The lowest BCUT2D eigenvalue weighted by molar-refractivity contribution is 0.402. The summed E-state index contributed by atoms with van der Waals surface area (Å²) in [6, 6.07) is 5.19. The predicted octanol–water partition coefficient (Wildman–Crippen LogP) is 1.54.